The van der Waals surface area contributed by atoms with Crippen LogP contribution in [0.2, 0.25) is 0 Å². The lowest BCUT2D eigenvalue weighted by Gasteiger charge is -2.22. The van der Waals surface area contributed by atoms with Crippen molar-refractivity contribution in [2.45, 2.75) is 25.3 Å². The number of likely N-dealkylation sites (tertiary alicyclic amines) is 1. The Labute approximate surface area is 78.5 Å². The third kappa shape index (κ3) is 3.32. The van der Waals surface area contributed by atoms with Crippen molar-refractivity contribution in [3.8, 4) is 0 Å². The van der Waals surface area contributed by atoms with Crippen molar-refractivity contribution < 1.29 is 14.6 Å². The monoisotopic (exact) mass is 187 g/mol. The molecule has 1 rings (SSSR count). The van der Waals surface area contributed by atoms with Crippen molar-refractivity contribution >= 4 is 5.97 Å². The molecule has 4 nitrogen and oxygen atoms in total. The number of ether oxygens (including phenoxy) is 1. The molecule has 13 heavy (non-hydrogen) atoms. The molecule has 1 fully saturated rings. The van der Waals surface area contributed by atoms with Crippen molar-refractivity contribution in [1.29, 1.82) is 0 Å². The highest BCUT2D eigenvalue weighted by Gasteiger charge is 2.24. The van der Waals surface area contributed by atoms with E-state index in [9.17, 15) is 4.79 Å². The van der Waals surface area contributed by atoms with Crippen LogP contribution in [0, 0.1) is 0 Å². The molecule has 0 saturated carbocycles. The topological polar surface area (TPSA) is 49.8 Å². The van der Waals surface area contributed by atoms with Crippen molar-refractivity contribution in [2.75, 3.05) is 26.8 Å². The van der Waals surface area contributed by atoms with Crippen molar-refractivity contribution in [3.05, 3.63) is 0 Å². The van der Waals surface area contributed by atoms with Gasteiger partial charge in [-0.3, -0.25) is 9.69 Å². The van der Waals surface area contributed by atoms with E-state index in [1.54, 1.807) is 7.11 Å². The third-order valence-corrected chi connectivity index (χ3v) is 2.47. The fraction of sp³-hybridized carbons (Fsp3) is 0.889. The van der Waals surface area contributed by atoms with E-state index in [0.29, 0.717) is 12.6 Å². The first-order chi connectivity index (χ1) is 6.24. The molecular weight excluding hydrogens is 170 g/mol. The number of carboxylic acids is 1. The van der Waals surface area contributed by atoms with Gasteiger partial charge in [0, 0.05) is 19.7 Å². The summed E-state index contributed by atoms with van der Waals surface area (Å²) in [5, 5.41) is 8.53. The number of aliphatic carboxylic acids is 1. The zero-order chi connectivity index (χ0) is 9.68. The molecule has 1 N–H and O–H groups in total. The molecule has 0 bridgehead atoms. The maximum absolute atomic E-state index is 10.4. The predicted octanol–water partition coefficient (Wildman–Crippen LogP) is 0.572. The van der Waals surface area contributed by atoms with Crippen LogP contribution in [0.25, 0.3) is 0 Å². The van der Waals surface area contributed by atoms with E-state index < -0.39 is 5.97 Å². The molecule has 1 aliphatic heterocycles. The lowest BCUT2D eigenvalue weighted by Crippen LogP contribution is -2.34. The average Bonchev–Trinajstić information content (AvgIpc) is 2.49. The van der Waals surface area contributed by atoms with E-state index >= 15 is 0 Å². The second-order valence-electron chi connectivity index (χ2n) is 3.43. The maximum atomic E-state index is 10.4. The Bertz CT molecular complexity index is 172. The Morgan fingerprint density at radius 1 is 1.69 bits per heavy atom. The number of carboxylic acid groups (broad SMARTS) is 1. The van der Waals surface area contributed by atoms with Gasteiger partial charge < -0.3 is 9.84 Å². The smallest absolute Gasteiger partial charge is 0.304 e. The molecule has 76 valence electrons. The Kier molecular flexibility index (Phi) is 4.18. The van der Waals surface area contributed by atoms with E-state index in [2.05, 4.69) is 4.90 Å². The lowest BCUT2D eigenvalue weighted by molar-refractivity contribution is -0.137. The number of hydrogen-bond donors (Lipinski definition) is 1. The van der Waals surface area contributed by atoms with E-state index in [1.165, 1.54) is 0 Å². The molecule has 1 aliphatic rings. The standard InChI is InChI=1S/C9H17NO3/c1-13-7-8-3-2-5-10(8)6-4-9(11)12/h8H,2-7H2,1H3,(H,11,12)/t8-/m1/s1. The SMILES string of the molecule is COC[C@H]1CCCN1CCC(=O)O. The summed E-state index contributed by atoms with van der Waals surface area (Å²) >= 11 is 0. The Hall–Kier alpha value is -0.610. The van der Waals surface area contributed by atoms with Crippen molar-refractivity contribution in [1.82, 2.24) is 4.90 Å². The third-order valence-electron chi connectivity index (χ3n) is 2.47. The minimum atomic E-state index is -0.719. The number of hydrogen-bond acceptors (Lipinski definition) is 3. The van der Waals surface area contributed by atoms with Gasteiger partial charge in [-0.25, -0.2) is 0 Å². The second-order valence-corrected chi connectivity index (χ2v) is 3.43. The summed E-state index contributed by atoms with van der Waals surface area (Å²) < 4.78 is 5.07. The first-order valence-electron chi connectivity index (χ1n) is 4.69. The summed E-state index contributed by atoms with van der Waals surface area (Å²) in [6.45, 7) is 2.39. The van der Waals surface area contributed by atoms with Crippen LogP contribution in [-0.4, -0.2) is 48.8 Å². The van der Waals surface area contributed by atoms with Crippen LogP contribution in [0.4, 0.5) is 0 Å². The number of nitrogens with zero attached hydrogens (tertiary/aromatic N) is 1. The zero-order valence-corrected chi connectivity index (χ0v) is 8.03. The van der Waals surface area contributed by atoms with Crippen LogP contribution in [0.5, 0.6) is 0 Å². The highest BCUT2D eigenvalue weighted by atomic mass is 16.5. The molecule has 4 heteroatoms. The van der Waals surface area contributed by atoms with Gasteiger partial charge in [-0.1, -0.05) is 0 Å². The molecule has 0 aliphatic carbocycles. The van der Waals surface area contributed by atoms with Gasteiger partial charge >= 0.3 is 5.97 Å². The highest BCUT2D eigenvalue weighted by molar-refractivity contribution is 5.66. The number of carbonyl (C=O) groups is 1. The Balaban J connectivity index is 2.26. The van der Waals surface area contributed by atoms with E-state index in [1.807, 2.05) is 0 Å². The fourth-order valence-corrected chi connectivity index (χ4v) is 1.81. The summed E-state index contributed by atoms with van der Waals surface area (Å²) in [5.74, 6) is -0.719. The Morgan fingerprint density at radius 3 is 3.08 bits per heavy atom. The molecule has 0 amide bonds. The average molecular weight is 187 g/mol. The van der Waals surface area contributed by atoms with Crippen LogP contribution < -0.4 is 0 Å². The zero-order valence-electron chi connectivity index (χ0n) is 8.03. The lowest BCUT2D eigenvalue weighted by atomic mass is 10.2. The number of rotatable bonds is 5. The molecule has 0 aromatic carbocycles. The van der Waals surface area contributed by atoms with Gasteiger partial charge in [0.05, 0.1) is 13.0 Å². The summed E-state index contributed by atoms with van der Waals surface area (Å²) in [7, 11) is 1.69. The molecule has 0 aromatic heterocycles. The van der Waals surface area contributed by atoms with Gasteiger partial charge in [0.1, 0.15) is 0 Å². The fourth-order valence-electron chi connectivity index (χ4n) is 1.81. The van der Waals surface area contributed by atoms with E-state index in [4.69, 9.17) is 9.84 Å². The van der Waals surface area contributed by atoms with Gasteiger partial charge in [-0.05, 0) is 19.4 Å². The van der Waals surface area contributed by atoms with Gasteiger partial charge in [0.25, 0.3) is 0 Å². The first kappa shape index (κ1) is 10.5. The molecule has 1 saturated heterocycles. The van der Waals surface area contributed by atoms with Crippen LogP contribution in [0.3, 0.4) is 0 Å². The largest absolute Gasteiger partial charge is 0.481 e. The number of methoxy groups -OCH3 is 1. The minimum Gasteiger partial charge on any atom is -0.481 e. The van der Waals surface area contributed by atoms with Gasteiger partial charge in [-0.15, -0.1) is 0 Å². The van der Waals surface area contributed by atoms with Crippen LogP contribution in [0.1, 0.15) is 19.3 Å². The summed E-state index contributed by atoms with van der Waals surface area (Å²) in [6, 6.07) is 0.435. The van der Waals surface area contributed by atoms with E-state index in [-0.39, 0.29) is 6.42 Å². The summed E-state index contributed by atoms with van der Waals surface area (Å²) in [4.78, 5) is 12.6. The van der Waals surface area contributed by atoms with Crippen molar-refractivity contribution in [2.24, 2.45) is 0 Å². The van der Waals surface area contributed by atoms with E-state index in [0.717, 1.165) is 26.0 Å². The van der Waals surface area contributed by atoms with Crippen LogP contribution in [0.15, 0.2) is 0 Å². The molecule has 0 unspecified atom stereocenters. The normalized spacial score (nSPS) is 23.6. The molecule has 1 atom stereocenters. The van der Waals surface area contributed by atoms with Crippen LogP contribution >= 0.6 is 0 Å². The molecule has 0 spiro atoms. The summed E-state index contributed by atoms with van der Waals surface area (Å²) in [5.41, 5.74) is 0. The quantitative estimate of drug-likeness (QED) is 0.683. The summed E-state index contributed by atoms with van der Waals surface area (Å²) in [6.07, 6.45) is 2.53. The molecule has 0 radical (unpaired) electrons. The maximum Gasteiger partial charge on any atom is 0.304 e. The van der Waals surface area contributed by atoms with Crippen molar-refractivity contribution in [3.63, 3.8) is 0 Å². The highest BCUT2D eigenvalue weighted by Crippen LogP contribution is 2.17. The Morgan fingerprint density at radius 2 is 2.46 bits per heavy atom. The van der Waals surface area contributed by atoms with Crippen LogP contribution in [-0.2, 0) is 9.53 Å². The molecule has 1 heterocycles. The minimum absolute atomic E-state index is 0.236. The second kappa shape index (κ2) is 5.19. The predicted molar refractivity (Wildman–Crippen MR) is 48.7 cm³/mol. The van der Waals surface area contributed by atoms with Gasteiger partial charge in [-0.2, -0.15) is 0 Å². The van der Waals surface area contributed by atoms with Gasteiger partial charge in [0.2, 0.25) is 0 Å². The first-order valence-corrected chi connectivity index (χ1v) is 4.69. The van der Waals surface area contributed by atoms with Gasteiger partial charge in [0.15, 0.2) is 0 Å². The molecular formula is C9H17NO3. The molecule has 0 aromatic rings.